The highest BCUT2D eigenvalue weighted by molar-refractivity contribution is 8.00. The Morgan fingerprint density at radius 2 is 1.96 bits per heavy atom. The van der Waals surface area contributed by atoms with Gasteiger partial charge in [-0.1, -0.05) is 23.5 Å². The highest BCUT2D eigenvalue weighted by atomic mass is 32.2. The molecule has 1 aromatic heterocycles. The first kappa shape index (κ1) is 15.7. The van der Waals surface area contributed by atoms with Crippen molar-refractivity contribution in [3.8, 4) is 0 Å². The average molecular weight is 373 g/mol. The fourth-order valence-corrected chi connectivity index (χ4v) is 8.06. The Labute approximate surface area is 154 Å². The molecule has 130 valence electrons. The molecular formula is C19H19NO3S2. The van der Waals surface area contributed by atoms with Gasteiger partial charge in [0.15, 0.2) is 0 Å². The quantitative estimate of drug-likeness (QED) is 0.812. The number of esters is 1. The van der Waals surface area contributed by atoms with Crippen LogP contribution in [0.25, 0.3) is 0 Å². The molecule has 0 amide bonds. The molecule has 2 aromatic rings. The third-order valence-corrected chi connectivity index (χ3v) is 8.78. The number of hydrogen-bond acceptors (Lipinski definition) is 5. The number of benzene rings is 1. The van der Waals surface area contributed by atoms with Gasteiger partial charge < -0.3 is 9.72 Å². The van der Waals surface area contributed by atoms with Crippen molar-refractivity contribution in [2.75, 3.05) is 7.11 Å². The predicted octanol–water partition coefficient (Wildman–Crippen LogP) is 3.88. The Bertz CT molecular complexity index is 885. The Morgan fingerprint density at radius 3 is 2.72 bits per heavy atom. The molecule has 2 bridgehead atoms. The van der Waals surface area contributed by atoms with Gasteiger partial charge >= 0.3 is 10.8 Å². The van der Waals surface area contributed by atoms with Crippen LogP contribution in [0.3, 0.4) is 0 Å². The number of nitrogens with one attached hydrogen (secondary N) is 1. The van der Waals surface area contributed by atoms with Crippen molar-refractivity contribution in [2.45, 2.75) is 35.5 Å². The van der Waals surface area contributed by atoms with Crippen molar-refractivity contribution in [1.82, 2.24) is 4.98 Å². The monoisotopic (exact) mass is 373 g/mol. The number of rotatable bonds is 2. The maximum Gasteiger partial charge on any atom is 0.337 e. The standard InChI is InChI=1S/C19H19NO3S2/c1-23-18(21)10-4-2-9(3-5-10)13-14-11-6-7-12(8-11)15(14)24-17-16(13)25-19(22)20-17/h2-5,11-15H,6-8H2,1H3,(H,20,22)/t11-,12+,13-,14+,15+/m0/s1. The van der Waals surface area contributed by atoms with E-state index in [0.29, 0.717) is 16.7 Å². The van der Waals surface area contributed by atoms with Gasteiger partial charge in [0.2, 0.25) is 0 Å². The second-order valence-electron chi connectivity index (χ2n) is 7.29. The van der Waals surface area contributed by atoms with E-state index in [-0.39, 0.29) is 16.8 Å². The van der Waals surface area contributed by atoms with Gasteiger partial charge in [0.05, 0.1) is 17.7 Å². The Morgan fingerprint density at radius 1 is 1.20 bits per heavy atom. The first-order chi connectivity index (χ1) is 12.2. The lowest BCUT2D eigenvalue weighted by atomic mass is 9.75. The van der Waals surface area contributed by atoms with Crippen LogP contribution in [0.15, 0.2) is 34.1 Å². The molecule has 0 radical (unpaired) electrons. The maximum atomic E-state index is 12.0. The topological polar surface area (TPSA) is 59.2 Å². The van der Waals surface area contributed by atoms with Gasteiger partial charge in [-0.15, -0.1) is 11.8 Å². The Kier molecular flexibility index (Phi) is 3.61. The Balaban J connectivity index is 1.60. The molecule has 2 heterocycles. The number of H-pyrrole nitrogens is 1. The number of carbonyl (C=O) groups is 1. The van der Waals surface area contributed by atoms with E-state index < -0.39 is 0 Å². The summed E-state index contributed by atoms with van der Waals surface area (Å²) in [5.74, 6) is 2.11. The molecule has 0 saturated heterocycles. The SMILES string of the molecule is COC(=O)c1ccc([C@@H]2c3sc(=O)[nH]c3S[C@@H]3[C@@H]4CC[C@@H](C4)[C@H]23)cc1. The molecule has 6 heteroatoms. The smallest absolute Gasteiger partial charge is 0.337 e. The summed E-state index contributed by atoms with van der Waals surface area (Å²) in [7, 11) is 1.40. The molecule has 3 aliphatic rings. The van der Waals surface area contributed by atoms with Crippen LogP contribution in [0, 0.1) is 17.8 Å². The van der Waals surface area contributed by atoms with E-state index in [4.69, 9.17) is 4.74 Å². The molecular weight excluding hydrogens is 354 g/mol. The molecule has 0 spiro atoms. The second kappa shape index (κ2) is 5.74. The third-order valence-electron chi connectivity index (χ3n) is 6.16. The van der Waals surface area contributed by atoms with E-state index in [1.54, 1.807) is 0 Å². The van der Waals surface area contributed by atoms with Gasteiger partial charge in [-0.3, -0.25) is 4.79 Å². The van der Waals surface area contributed by atoms with Crippen molar-refractivity contribution in [2.24, 2.45) is 17.8 Å². The van der Waals surface area contributed by atoms with Crippen LogP contribution in [0.5, 0.6) is 0 Å². The molecule has 2 saturated carbocycles. The zero-order chi connectivity index (χ0) is 17.1. The molecule has 5 atom stereocenters. The lowest BCUT2D eigenvalue weighted by molar-refractivity contribution is 0.0600. The minimum Gasteiger partial charge on any atom is -0.465 e. The molecule has 2 aliphatic carbocycles. The normalized spacial score (nSPS) is 32.3. The highest BCUT2D eigenvalue weighted by Gasteiger charge is 2.54. The summed E-state index contributed by atoms with van der Waals surface area (Å²) in [6.45, 7) is 0. The number of methoxy groups -OCH3 is 1. The van der Waals surface area contributed by atoms with Crippen molar-refractivity contribution in [1.29, 1.82) is 0 Å². The van der Waals surface area contributed by atoms with E-state index in [1.807, 2.05) is 36.0 Å². The van der Waals surface area contributed by atoms with Crippen LogP contribution in [-0.4, -0.2) is 23.3 Å². The molecule has 5 rings (SSSR count). The molecule has 1 aliphatic heterocycles. The zero-order valence-corrected chi connectivity index (χ0v) is 15.5. The van der Waals surface area contributed by atoms with Crippen LogP contribution in [0.4, 0.5) is 0 Å². The average Bonchev–Trinajstić information content (AvgIpc) is 3.33. The van der Waals surface area contributed by atoms with Gasteiger partial charge in [0.25, 0.3) is 0 Å². The minimum absolute atomic E-state index is 0.0426. The lowest BCUT2D eigenvalue weighted by Gasteiger charge is -2.40. The van der Waals surface area contributed by atoms with Crippen molar-refractivity contribution >= 4 is 29.1 Å². The van der Waals surface area contributed by atoms with Crippen LogP contribution in [-0.2, 0) is 4.74 Å². The predicted molar refractivity (Wildman–Crippen MR) is 98.5 cm³/mol. The van der Waals surface area contributed by atoms with Crippen molar-refractivity contribution < 1.29 is 9.53 Å². The zero-order valence-electron chi connectivity index (χ0n) is 13.9. The summed E-state index contributed by atoms with van der Waals surface area (Å²) in [5, 5.41) is 1.69. The van der Waals surface area contributed by atoms with E-state index in [1.165, 1.54) is 48.1 Å². The summed E-state index contributed by atoms with van der Waals surface area (Å²) in [4.78, 5) is 28.0. The summed E-state index contributed by atoms with van der Waals surface area (Å²) >= 11 is 3.26. The van der Waals surface area contributed by atoms with Crippen LogP contribution < -0.4 is 4.87 Å². The van der Waals surface area contributed by atoms with Gasteiger partial charge in [-0.2, -0.15) is 0 Å². The molecule has 0 unspecified atom stereocenters. The summed E-state index contributed by atoms with van der Waals surface area (Å²) < 4.78 is 4.80. The van der Waals surface area contributed by atoms with Crippen LogP contribution in [0.2, 0.25) is 0 Å². The summed E-state index contributed by atoms with van der Waals surface area (Å²) in [6, 6.07) is 7.79. The third kappa shape index (κ3) is 2.34. The molecule has 4 nitrogen and oxygen atoms in total. The Hall–Kier alpha value is -1.53. The number of hydrogen-bond donors (Lipinski definition) is 1. The number of aromatic nitrogens is 1. The van der Waals surface area contributed by atoms with E-state index in [2.05, 4.69) is 4.98 Å². The van der Waals surface area contributed by atoms with E-state index in [9.17, 15) is 9.59 Å². The van der Waals surface area contributed by atoms with E-state index in [0.717, 1.165) is 16.9 Å². The van der Waals surface area contributed by atoms with Crippen LogP contribution in [0.1, 0.15) is 46.0 Å². The second-order valence-corrected chi connectivity index (χ2v) is 9.50. The molecule has 1 aromatic carbocycles. The summed E-state index contributed by atoms with van der Waals surface area (Å²) in [6.07, 6.45) is 3.98. The van der Waals surface area contributed by atoms with Crippen molar-refractivity contribution in [3.05, 3.63) is 49.9 Å². The number of aromatic amines is 1. The first-order valence-corrected chi connectivity index (χ1v) is 10.4. The number of fused-ring (bicyclic) bond motifs is 6. The number of carbonyl (C=O) groups excluding carboxylic acids is 1. The van der Waals surface area contributed by atoms with Crippen molar-refractivity contribution in [3.63, 3.8) is 0 Å². The number of thioether (sulfide) groups is 1. The molecule has 25 heavy (non-hydrogen) atoms. The molecule has 1 N–H and O–H groups in total. The van der Waals surface area contributed by atoms with Gasteiger partial charge in [-0.05, 0) is 54.7 Å². The fraction of sp³-hybridized carbons (Fsp3) is 0.474. The summed E-state index contributed by atoms with van der Waals surface area (Å²) in [5.41, 5.74) is 1.79. The maximum absolute atomic E-state index is 12.0. The highest BCUT2D eigenvalue weighted by Crippen LogP contribution is 2.63. The largest absolute Gasteiger partial charge is 0.465 e. The van der Waals surface area contributed by atoms with E-state index >= 15 is 0 Å². The lowest BCUT2D eigenvalue weighted by Crippen LogP contribution is -2.33. The van der Waals surface area contributed by atoms with Gasteiger partial charge in [-0.25, -0.2) is 4.79 Å². The minimum atomic E-state index is -0.310. The molecule has 2 fully saturated rings. The van der Waals surface area contributed by atoms with Crippen LogP contribution >= 0.6 is 23.1 Å². The van der Waals surface area contributed by atoms with Gasteiger partial charge in [0.1, 0.15) is 0 Å². The first-order valence-electron chi connectivity index (χ1n) is 8.73. The van der Waals surface area contributed by atoms with Gasteiger partial charge in [0, 0.05) is 16.0 Å². The number of ether oxygens (including phenoxy) is 1. The fourth-order valence-electron chi connectivity index (χ4n) is 5.17. The number of thiazole rings is 1.